The molecule has 0 aromatic heterocycles. The van der Waals surface area contributed by atoms with Crippen LogP contribution in [0.2, 0.25) is 0 Å². The second-order valence-electron chi connectivity index (χ2n) is 3.32. The van der Waals surface area contributed by atoms with Gasteiger partial charge in [0, 0.05) is 24.1 Å². The number of rotatable bonds is 2. The Bertz CT molecular complexity index is 172. The molecule has 0 bridgehead atoms. The predicted octanol–water partition coefficient (Wildman–Crippen LogP) is 0.297. The van der Waals surface area contributed by atoms with Crippen molar-refractivity contribution >= 4 is 17.7 Å². The van der Waals surface area contributed by atoms with E-state index in [1.165, 1.54) is 0 Å². The number of carbonyl (C=O) groups excluding carboxylic acids is 1. The molecule has 1 fully saturated rings. The van der Waals surface area contributed by atoms with Gasteiger partial charge in [0.15, 0.2) is 0 Å². The molecule has 1 aliphatic heterocycles. The zero-order valence-electron chi connectivity index (χ0n) is 7.62. The monoisotopic (exact) mass is 188 g/mol. The van der Waals surface area contributed by atoms with Crippen LogP contribution in [-0.4, -0.2) is 40.9 Å². The number of hydrogen-bond donors (Lipinski definition) is 1. The summed E-state index contributed by atoms with van der Waals surface area (Å²) in [6.07, 6.45) is 0. The lowest BCUT2D eigenvalue weighted by Gasteiger charge is -2.36. The number of nitrogens with zero attached hydrogens (tertiary/aromatic N) is 1. The minimum absolute atomic E-state index is 0.0521. The predicted molar refractivity (Wildman–Crippen MR) is 52.1 cm³/mol. The summed E-state index contributed by atoms with van der Waals surface area (Å²) in [7, 11) is 0. The van der Waals surface area contributed by atoms with E-state index in [1.807, 2.05) is 11.8 Å². The Morgan fingerprint density at radius 2 is 2.33 bits per heavy atom. The molecule has 0 aromatic rings. The van der Waals surface area contributed by atoms with Crippen LogP contribution in [0.1, 0.15) is 13.8 Å². The fourth-order valence-electron chi connectivity index (χ4n) is 1.48. The van der Waals surface area contributed by atoms with Gasteiger partial charge in [0.25, 0.3) is 0 Å². The van der Waals surface area contributed by atoms with Crippen molar-refractivity contribution in [3.05, 3.63) is 0 Å². The molecule has 1 amide bonds. The quantitative estimate of drug-likeness (QED) is 0.678. The number of primary amides is 1. The van der Waals surface area contributed by atoms with Gasteiger partial charge in [-0.05, 0) is 13.8 Å². The molecule has 0 aromatic carbocycles. The summed E-state index contributed by atoms with van der Waals surface area (Å²) in [5, 5.41) is 0. The Kier molecular flexibility index (Phi) is 3.40. The van der Waals surface area contributed by atoms with Crippen LogP contribution in [0.3, 0.4) is 0 Å². The number of amides is 1. The molecule has 12 heavy (non-hydrogen) atoms. The van der Waals surface area contributed by atoms with Crippen molar-refractivity contribution in [2.24, 2.45) is 5.73 Å². The molecule has 0 aliphatic carbocycles. The number of carbonyl (C=O) groups is 1. The molecule has 0 spiro atoms. The van der Waals surface area contributed by atoms with Gasteiger partial charge in [0.2, 0.25) is 5.91 Å². The highest BCUT2D eigenvalue weighted by molar-refractivity contribution is 7.99. The van der Waals surface area contributed by atoms with Crippen molar-refractivity contribution in [1.29, 1.82) is 0 Å². The molecule has 1 atom stereocenters. The summed E-state index contributed by atoms with van der Waals surface area (Å²) in [6.45, 7) is 5.19. The number of nitrogens with two attached hydrogens (primary N) is 1. The Labute approximate surface area is 77.7 Å². The fraction of sp³-hybridized carbons (Fsp3) is 0.875. The van der Waals surface area contributed by atoms with E-state index >= 15 is 0 Å². The maximum Gasteiger partial charge on any atom is 0.235 e. The normalized spacial score (nSPS) is 26.1. The maximum atomic E-state index is 11.0. The highest BCUT2D eigenvalue weighted by atomic mass is 32.2. The third kappa shape index (κ3) is 2.14. The van der Waals surface area contributed by atoms with E-state index in [1.54, 1.807) is 0 Å². The van der Waals surface area contributed by atoms with Gasteiger partial charge in [-0.15, -0.1) is 0 Å². The van der Waals surface area contributed by atoms with Crippen molar-refractivity contribution < 1.29 is 4.79 Å². The molecule has 2 N–H and O–H groups in total. The van der Waals surface area contributed by atoms with Gasteiger partial charge in [0.05, 0.1) is 6.04 Å². The lowest BCUT2D eigenvalue weighted by atomic mass is 10.2. The van der Waals surface area contributed by atoms with Crippen LogP contribution in [0, 0.1) is 0 Å². The average molecular weight is 188 g/mol. The molecular weight excluding hydrogens is 172 g/mol. The second-order valence-corrected chi connectivity index (χ2v) is 4.47. The van der Waals surface area contributed by atoms with Gasteiger partial charge in [-0.1, -0.05) is 0 Å². The summed E-state index contributed by atoms with van der Waals surface area (Å²) >= 11 is 1.81. The first-order valence-corrected chi connectivity index (χ1v) is 5.41. The third-order valence-electron chi connectivity index (χ3n) is 2.16. The minimum Gasteiger partial charge on any atom is -0.368 e. The van der Waals surface area contributed by atoms with Crippen LogP contribution >= 0.6 is 11.8 Å². The Hall–Kier alpha value is -0.220. The standard InChI is InChI=1S/C8H16N2OS/c1-6(2)10-3-4-12-5-7(10)8(9)11/h6-7H,3-5H2,1-2H3,(H2,9,11). The average Bonchev–Trinajstić information content (AvgIpc) is 2.04. The number of hydrogen-bond acceptors (Lipinski definition) is 3. The molecule has 0 radical (unpaired) electrons. The summed E-state index contributed by atoms with van der Waals surface area (Å²) in [6, 6.07) is 0.368. The largest absolute Gasteiger partial charge is 0.368 e. The van der Waals surface area contributed by atoms with E-state index in [-0.39, 0.29) is 11.9 Å². The van der Waals surface area contributed by atoms with Gasteiger partial charge in [-0.25, -0.2) is 0 Å². The molecule has 4 heteroatoms. The molecule has 0 saturated carbocycles. The minimum atomic E-state index is -0.184. The Balaban J connectivity index is 2.60. The van der Waals surface area contributed by atoms with Crippen LogP contribution in [0.5, 0.6) is 0 Å². The molecule has 1 unspecified atom stereocenters. The maximum absolute atomic E-state index is 11.0. The zero-order chi connectivity index (χ0) is 9.14. The SMILES string of the molecule is CC(C)N1CCSCC1C(N)=O. The van der Waals surface area contributed by atoms with E-state index in [2.05, 4.69) is 18.7 Å². The van der Waals surface area contributed by atoms with E-state index < -0.39 is 0 Å². The molecule has 1 saturated heterocycles. The lowest BCUT2D eigenvalue weighted by molar-refractivity contribution is -0.123. The van der Waals surface area contributed by atoms with Gasteiger partial charge in [0.1, 0.15) is 0 Å². The van der Waals surface area contributed by atoms with Crippen molar-refractivity contribution in [1.82, 2.24) is 4.90 Å². The van der Waals surface area contributed by atoms with E-state index in [0.29, 0.717) is 6.04 Å². The van der Waals surface area contributed by atoms with Crippen molar-refractivity contribution in [3.63, 3.8) is 0 Å². The van der Waals surface area contributed by atoms with Gasteiger partial charge < -0.3 is 5.73 Å². The van der Waals surface area contributed by atoms with Crippen molar-refractivity contribution in [2.45, 2.75) is 25.9 Å². The van der Waals surface area contributed by atoms with Gasteiger partial charge in [-0.3, -0.25) is 9.69 Å². The van der Waals surface area contributed by atoms with E-state index in [4.69, 9.17) is 5.73 Å². The van der Waals surface area contributed by atoms with Gasteiger partial charge in [-0.2, -0.15) is 11.8 Å². The molecule has 1 aliphatic rings. The van der Waals surface area contributed by atoms with Crippen molar-refractivity contribution in [2.75, 3.05) is 18.1 Å². The molecule has 70 valence electrons. The third-order valence-corrected chi connectivity index (χ3v) is 3.18. The Morgan fingerprint density at radius 3 is 2.75 bits per heavy atom. The van der Waals surface area contributed by atoms with Gasteiger partial charge >= 0.3 is 0 Å². The molecule has 1 rings (SSSR count). The zero-order valence-corrected chi connectivity index (χ0v) is 8.43. The van der Waals surface area contributed by atoms with Crippen LogP contribution in [0.4, 0.5) is 0 Å². The summed E-state index contributed by atoms with van der Waals surface area (Å²) in [5.74, 6) is 1.78. The molecule has 3 nitrogen and oxygen atoms in total. The smallest absolute Gasteiger partial charge is 0.235 e. The summed E-state index contributed by atoms with van der Waals surface area (Å²) in [5.41, 5.74) is 5.30. The summed E-state index contributed by atoms with van der Waals surface area (Å²) < 4.78 is 0. The van der Waals surface area contributed by atoms with Crippen LogP contribution in [0.25, 0.3) is 0 Å². The van der Waals surface area contributed by atoms with Crippen molar-refractivity contribution in [3.8, 4) is 0 Å². The topological polar surface area (TPSA) is 46.3 Å². The number of thioether (sulfide) groups is 1. The highest BCUT2D eigenvalue weighted by Gasteiger charge is 2.28. The Morgan fingerprint density at radius 1 is 1.67 bits per heavy atom. The highest BCUT2D eigenvalue weighted by Crippen LogP contribution is 2.18. The first-order valence-electron chi connectivity index (χ1n) is 4.25. The fourth-order valence-corrected chi connectivity index (χ4v) is 2.57. The van der Waals surface area contributed by atoms with Crippen LogP contribution in [0.15, 0.2) is 0 Å². The van der Waals surface area contributed by atoms with E-state index in [0.717, 1.165) is 18.1 Å². The lowest BCUT2D eigenvalue weighted by Crippen LogP contribution is -2.52. The first-order chi connectivity index (χ1) is 5.63. The molecule has 1 heterocycles. The van der Waals surface area contributed by atoms with Crippen LogP contribution in [-0.2, 0) is 4.79 Å². The summed E-state index contributed by atoms with van der Waals surface area (Å²) in [4.78, 5) is 13.2. The molecular formula is C8H16N2OS. The second kappa shape index (κ2) is 4.14. The van der Waals surface area contributed by atoms with Crippen LogP contribution < -0.4 is 5.73 Å². The van der Waals surface area contributed by atoms with E-state index in [9.17, 15) is 4.79 Å². The first kappa shape index (κ1) is 9.86.